The Hall–Kier alpha value is -3.28. The largest absolute Gasteiger partial charge is 0.477 e. The van der Waals surface area contributed by atoms with Crippen molar-refractivity contribution in [2.75, 3.05) is 13.2 Å². The van der Waals surface area contributed by atoms with E-state index in [-0.39, 0.29) is 17.9 Å². The molecule has 1 fully saturated rings. The maximum Gasteiger partial charge on any atom is 0.254 e. The van der Waals surface area contributed by atoms with Gasteiger partial charge in [-0.25, -0.2) is 15.0 Å². The van der Waals surface area contributed by atoms with Gasteiger partial charge in [0.25, 0.3) is 5.91 Å². The Morgan fingerprint density at radius 2 is 1.87 bits per heavy atom. The van der Waals surface area contributed by atoms with Gasteiger partial charge >= 0.3 is 0 Å². The molecule has 0 N–H and O–H groups in total. The maximum absolute atomic E-state index is 13.8. The highest BCUT2D eigenvalue weighted by Crippen LogP contribution is 2.29. The molecular formula is C25H28N4O2. The third-order valence-electron chi connectivity index (χ3n) is 5.85. The van der Waals surface area contributed by atoms with Crippen LogP contribution in [0.1, 0.15) is 42.1 Å². The number of rotatable bonds is 6. The molecule has 0 saturated carbocycles. The van der Waals surface area contributed by atoms with Crippen LogP contribution in [0.2, 0.25) is 0 Å². The van der Waals surface area contributed by atoms with E-state index in [1.54, 1.807) is 24.7 Å². The second kappa shape index (κ2) is 9.69. The predicted molar refractivity (Wildman–Crippen MR) is 120 cm³/mol. The normalized spacial score (nSPS) is 18.6. The number of piperidine rings is 1. The van der Waals surface area contributed by atoms with Gasteiger partial charge in [-0.2, -0.15) is 0 Å². The minimum atomic E-state index is 0.0422. The zero-order valence-electron chi connectivity index (χ0n) is 18.1. The lowest BCUT2D eigenvalue weighted by Crippen LogP contribution is -2.48. The molecule has 31 heavy (non-hydrogen) atoms. The van der Waals surface area contributed by atoms with E-state index in [9.17, 15) is 4.79 Å². The number of likely N-dealkylation sites (tertiary alicyclic amines) is 1. The van der Waals surface area contributed by atoms with E-state index >= 15 is 0 Å². The predicted octanol–water partition coefficient (Wildman–Crippen LogP) is 4.56. The fourth-order valence-electron chi connectivity index (χ4n) is 4.17. The lowest BCUT2D eigenvalue weighted by molar-refractivity contribution is 0.0465. The number of ether oxygens (including phenoxy) is 1. The summed E-state index contributed by atoms with van der Waals surface area (Å²) in [5, 5.41) is 0. The number of carbonyl (C=O) groups excluding carboxylic acids is 1. The molecule has 0 spiro atoms. The smallest absolute Gasteiger partial charge is 0.254 e. The Bertz CT molecular complexity index is 1010. The van der Waals surface area contributed by atoms with Crippen LogP contribution < -0.4 is 4.74 Å². The fourth-order valence-corrected chi connectivity index (χ4v) is 4.17. The molecule has 6 nitrogen and oxygen atoms in total. The molecule has 1 aliphatic rings. The van der Waals surface area contributed by atoms with Crippen LogP contribution >= 0.6 is 0 Å². The summed E-state index contributed by atoms with van der Waals surface area (Å²) < 4.78 is 5.89. The number of hydrogen-bond acceptors (Lipinski definition) is 5. The molecule has 0 aliphatic carbocycles. The second-order valence-electron chi connectivity index (χ2n) is 8.06. The van der Waals surface area contributed by atoms with Gasteiger partial charge in [0.15, 0.2) is 5.82 Å². The lowest BCUT2D eigenvalue weighted by atomic mass is 9.90. The van der Waals surface area contributed by atoms with E-state index in [0.29, 0.717) is 30.4 Å². The monoisotopic (exact) mass is 416 g/mol. The molecule has 2 aromatic heterocycles. The third kappa shape index (κ3) is 4.90. The van der Waals surface area contributed by atoms with Gasteiger partial charge in [-0.1, -0.05) is 30.7 Å². The molecule has 3 heterocycles. The van der Waals surface area contributed by atoms with Gasteiger partial charge in [-0.05, 0) is 44.4 Å². The average molecular weight is 417 g/mol. The van der Waals surface area contributed by atoms with Crippen molar-refractivity contribution in [3.05, 3.63) is 72.2 Å². The summed E-state index contributed by atoms with van der Waals surface area (Å²) in [7, 11) is 0. The molecule has 6 heteroatoms. The Kier molecular flexibility index (Phi) is 6.55. The summed E-state index contributed by atoms with van der Waals surface area (Å²) in [6.07, 6.45) is 8.08. The molecule has 1 aliphatic heterocycles. The quantitative estimate of drug-likeness (QED) is 0.589. The second-order valence-corrected chi connectivity index (χ2v) is 8.06. The lowest BCUT2D eigenvalue weighted by Gasteiger charge is -2.39. The van der Waals surface area contributed by atoms with Crippen molar-refractivity contribution in [3.8, 4) is 17.3 Å². The topological polar surface area (TPSA) is 68.2 Å². The van der Waals surface area contributed by atoms with Crippen LogP contribution in [0, 0.1) is 12.8 Å². The zero-order valence-corrected chi connectivity index (χ0v) is 18.1. The Morgan fingerprint density at radius 3 is 2.61 bits per heavy atom. The average Bonchev–Trinajstić information content (AvgIpc) is 2.83. The maximum atomic E-state index is 13.8. The van der Waals surface area contributed by atoms with Crippen LogP contribution in [0.25, 0.3) is 11.4 Å². The zero-order chi connectivity index (χ0) is 21.6. The first-order chi connectivity index (χ1) is 15.2. The van der Waals surface area contributed by atoms with Crippen LogP contribution in [0.4, 0.5) is 0 Å². The number of aryl methyl sites for hydroxylation is 1. The Balaban J connectivity index is 1.56. The van der Waals surface area contributed by atoms with E-state index in [0.717, 1.165) is 30.4 Å². The first-order valence-corrected chi connectivity index (χ1v) is 10.9. The summed E-state index contributed by atoms with van der Waals surface area (Å²) in [6.45, 7) is 5.38. The van der Waals surface area contributed by atoms with Crippen molar-refractivity contribution in [3.63, 3.8) is 0 Å². The number of amides is 1. The summed E-state index contributed by atoms with van der Waals surface area (Å²) in [5.41, 5.74) is 2.48. The summed E-state index contributed by atoms with van der Waals surface area (Å²) in [4.78, 5) is 28.8. The van der Waals surface area contributed by atoms with Gasteiger partial charge in [0, 0.05) is 48.7 Å². The highest BCUT2D eigenvalue weighted by Gasteiger charge is 2.32. The minimum Gasteiger partial charge on any atom is -0.477 e. The van der Waals surface area contributed by atoms with Crippen molar-refractivity contribution in [2.45, 2.75) is 39.2 Å². The molecule has 1 amide bonds. The van der Waals surface area contributed by atoms with Gasteiger partial charge in [-0.15, -0.1) is 0 Å². The van der Waals surface area contributed by atoms with Crippen molar-refractivity contribution in [2.24, 2.45) is 5.92 Å². The van der Waals surface area contributed by atoms with Gasteiger partial charge < -0.3 is 9.64 Å². The van der Waals surface area contributed by atoms with Crippen LogP contribution in [-0.4, -0.2) is 45.0 Å². The molecule has 1 aromatic carbocycles. The van der Waals surface area contributed by atoms with Crippen molar-refractivity contribution < 1.29 is 9.53 Å². The Morgan fingerprint density at radius 1 is 1.06 bits per heavy atom. The van der Waals surface area contributed by atoms with Gasteiger partial charge in [-0.3, -0.25) is 4.79 Å². The number of hydrogen-bond donors (Lipinski definition) is 0. The van der Waals surface area contributed by atoms with Crippen LogP contribution in [-0.2, 0) is 0 Å². The highest BCUT2D eigenvalue weighted by atomic mass is 16.5. The van der Waals surface area contributed by atoms with E-state index in [1.165, 1.54) is 0 Å². The van der Waals surface area contributed by atoms with Gasteiger partial charge in [0.1, 0.15) is 0 Å². The molecule has 4 rings (SSSR count). The molecular weight excluding hydrogens is 388 g/mol. The van der Waals surface area contributed by atoms with Crippen LogP contribution in [0.3, 0.4) is 0 Å². The molecule has 2 atom stereocenters. The first kappa shape index (κ1) is 21.0. The number of pyridine rings is 1. The van der Waals surface area contributed by atoms with Crippen molar-refractivity contribution in [1.29, 1.82) is 0 Å². The van der Waals surface area contributed by atoms with E-state index in [1.807, 2.05) is 48.2 Å². The molecule has 0 bridgehead atoms. The van der Waals surface area contributed by atoms with Crippen LogP contribution in [0.5, 0.6) is 5.88 Å². The molecule has 2 unspecified atom stereocenters. The van der Waals surface area contributed by atoms with Crippen molar-refractivity contribution >= 4 is 5.91 Å². The summed E-state index contributed by atoms with van der Waals surface area (Å²) in [6, 6.07) is 13.6. The molecule has 0 radical (unpaired) electrons. The molecule has 3 aromatic rings. The standard InChI is InChI=1S/C25H28N4O2/c1-3-20-10-9-19(17-31-23-7-4-5-12-26-23)16-29(20)25(30)22-15-18(2)8-11-21(22)24-27-13-6-14-28-24/h4-8,11-15,19-20H,3,9-10,16-17H2,1-2H3. The summed E-state index contributed by atoms with van der Waals surface area (Å²) in [5.74, 6) is 1.52. The van der Waals surface area contributed by atoms with Crippen molar-refractivity contribution in [1.82, 2.24) is 19.9 Å². The third-order valence-corrected chi connectivity index (χ3v) is 5.85. The fraction of sp³-hybridized carbons (Fsp3) is 0.360. The van der Waals surface area contributed by atoms with E-state index < -0.39 is 0 Å². The number of carbonyl (C=O) groups is 1. The number of aromatic nitrogens is 3. The van der Waals surface area contributed by atoms with Gasteiger partial charge in [0.2, 0.25) is 5.88 Å². The Labute approximate surface area is 183 Å². The first-order valence-electron chi connectivity index (χ1n) is 10.9. The summed E-state index contributed by atoms with van der Waals surface area (Å²) >= 11 is 0. The minimum absolute atomic E-state index is 0.0422. The van der Waals surface area contributed by atoms with E-state index in [4.69, 9.17) is 4.74 Å². The van der Waals surface area contributed by atoms with Crippen LogP contribution in [0.15, 0.2) is 61.1 Å². The number of nitrogens with zero attached hydrogens (tertiary/aromatic N) is 4. The number of benzene rings is 1. The SMILES string of the molecule is CCC1CCC(COc2ccccn2)CN1C(=O)c1cc(C)ccc1-c1ncccn1. The highest BCUT2D eigenvalue weighted by molar-refractivity contribution is 6.00. The van der Waals surface area contributed by atoms with E-state index in [2.05, 4.69) is 21.9 Å². The van der Waals surface area contributed by atoms with Gasteiger partial charge in [0.05, 0.1) is 12.2 Å². The molecule has 1 saturated heterocycles. The molecule has 160 valence electrons.